The minimum Gasteiger partial charge on any atom is -0.481 e. The van der Waals surface area contributed by atoms with Crippen LogP contribution in [0.15, 0.2) is 6.07 Å². The zero-order chi connectivity index (χ0) is 10.7. The van der Waals surface area contributed by atoms with Crippen molar-refractivity contribution in [1.82, 2.24) is 4.98 Å². The fourth-order valence-corrected chi connectivity index (χ4v) is 1.70. The Kier molecular flexibility index (Phi) is 3.30. The SMILES string of the molecule is Cc1cc(C(CN)CC(=O)O)c(C)[nH]1. The first-order chi connectivity index (χ1) is 6.54. The molecule has 0 radical (unpaired) electrons. The summed E-state index contributed by atoms with van der Waals surface area (Å²) < 4.78 is 0. The van der Waals surface area contributed by atoms with Crippen LogP contribution in [-0.4, -0.2) is 22.6 Å². The smallest absolute Gasteiger partial charge is 0.304 e. The quantitative estimate of drug-likeness (QED) is 0.675. The van der Waals surface area contributed by atoms with Gasteiger partial charge in [-0.05, 0) is 32.0 Å². The first kappa shape index (κ1) is 10.8. The van der Waals surface area contributed by atoms with Crippen molar-refractivity contribution < 1.29 is 9.90 Å². The minimum atomic E-state index is -0.807. The van der Waals surface area contributed by atoms with Gasteiger partial charge in [0.25, 0.3) is 0 Å². The van der Waals surface area contributed by atoms with Crippen LogP contribution in [0.25, 0.3) is 0 Å². The maximum atomic E-state index is 10.6. The highest BCUT2D eigenvalue weighted by molar-refractivity contribution is 5.68. The first-order valence-corrected chi connectivity index (χ1v) is 4.62. The summed E-state index contributed by atoms with van der Waals surface area (Å²) in [4.78, 5) is 13.7. The second kappa shape index (κ2) is 4.28. The second-order valence-electron chi connectivity index (χ2n) is 3.56. The van der Waals surface area contributed by atoms with E-state index in [1.807, 2.05) is 19.9 Å². The summed E-state index contributed by atoms with van der Waals surface area (Å²) in [6, 6.07) is 1.97. The maximum Gasteiger partial charge on any atom is 0.304 e. The van der Waals surface area contributed by atoms with Gasteiger partial charge in [0.2, 0.25) is 0 Å². The number of hydrogen-bond acceptors (Lipinski definition) is 2. The average molecular weight is 196 g/mol. The molecule has 4 heteroatoms. The van der Waals surface area contributed by atoms with Gasteiger partial charge in [0.1, 0.15) is 0 Å². The van der Waals surface area contributed by atoms with Crippen LogP contribution in [0.5, 0.6) is 0 Å². The number of aromatic nitrogens is 1. The van der Waals surface area contributed by atoms with Crippen molar-refractivity contribution in [2.24, 2.45) is 5.73 Å². The topological polar surface area (TPSA) is 79.1 Å². The number of H-pyrrole nitrogens is 1. The van der Waals surface area contributed by atoms with E-state index in [1.54, 1.807) is 0 Å². The molecular formula is C10H16N2O2. The number of aryl methyl sites for hydroxylation is 2. The molecule has 14 heavy (non-hydrogen) atoms. The number of carboxylic acid groups (broad SMARTS) is 1. The summed E-state index contributed by atoms with van der Waals surface area (Å²) in [7, 11) is 0. The van der Waals surface area contributed by atoms with Gasteiger partial charge in [-0.3, -0.25) is 4.79 Å². The van der Waals surface area contributed by atoms with Gasteiger partial charge in [0, 0.05) is 17.3 Å². The van der Waals surface area contributed by atoms with E-state index in [4.69, 9.17) is 10.8 Å². The van der Waals surface area contributed by atoms with Gasteiger partial charge in [-0.15, -0.1) is 0 Å². The van der Waals surface area contributed by atoms with Crippen LogP contribution in [0.1, 0.15) is 29.3 Å². The molecule has 0 saturated carbocycles. The summed E-state index contributed by atoms with van der Waals surface area (Å²) in [5.74, 6) is -0.892. The van der Waals surface area contributed by atoms with Crippen LogP contribution >= 0.6 is 0 Å². The molecule has 1 aromatic heterocycles. The summed E-state index contributed by atoms with van der Waals surface area (Å²) >= 11 is 0. The van der Waals surface area contributed by atoms with Crippen molar-refractivity contribution in [3.05, 3.63) is 23.0 Å². The lowest BCUT2D eigenvalue weighted by Crippen LogP contribution is -2.16. The number of nitrogens with two attached hydrogens (primary N) is 1. The van der Waals surface area contributed by atoms with Crippen molar-refractivity contribution in [2.75, 3.05) is 6.54 Å². The average Bonchev–Trinajstić information content (AvgIpc) is 2.41. The largest absolute Gasteiger partial charge is 0.481 e. The number of carboxylic acids is 1. The molecule has 0 aliphatic rings. The molecule has 0 spiro atoms. The lowest BCUT2D eigenvalue weighted by Gasteiger charge is -2.11. The Morgan fingerprint density at radius 3 is 2.64 bits per heavy atom. The molecule has 1 rings (SSSR count). The van der Waals surface area contributed by atoms with E-state index in [0.717, 1.165) is 17.0 Å². The maximum absolute atomic E-state index is 10.6. The lowest BCUT2D eigenvalue weighted by atomic mass is 9.96. The number of carbonyl (C=O) groups is 1. The highest BCUT2D eigenvalue weighted by atomic mass is 16.4. The molecule has 0 bridgehead atoms. The van der Waals surface area contributed by atoms with Crippen LogP contribution in [0.2, 0.25) is 0 Å². The van der Waals surface area contributed by atoms with Crippen LogP contribution in [-0.2, 0) is 4.79 Å². The normalized spacial score (nSPS) is 12.8. The summed E-state index contributed by atoms with van der Waals surface area (Å²) in [5, 5.41) is 8.71. The van der Waals surface area contributed by atoms with Crippen molar-refractivity contribution in [3.8, 4) is 0 Å². The number of nitrogens with one attached hydrogen (secondary N) is 1. The Hall–Kier alpha value is -1.29. The zero-order valence-corrected chi connectivity index (χ0v) is 8.50. The Bertz CT molecular complexity index is 331. The molecule has 0 aliphatic carbocycles. The molecule has 4 nitrogen and oxygen atoms in total. The second-order valence-corrected chi connectivity index (χ2v) is 3.56. The summed E-state index contributed by atoms with van der Waals surface area (Å²) in [6.07, 6.45) is 0.0919. The Morgan fingerprint density at radius 1 is 1.64 bits per heavy atom. The molecule has 1 unspecified atom stereocenters. The number of aromatic amines is 1. The highest BCUT2D eigenvalue weighted by Gasteiger charge is 2.17. The molecule has 1 atom stereocenters. The van der Waals surface area contributed by atoms with Crippen molar-refractivity contribution in [3.63, 3.8) is 0 Å². The predicted octanol–water partition coefficient (Wildman–Crippen LogP) is 1.15. The number of aliphatic carboxylic acids is 1. The summed E-state index contributed by atoms with van der Waals surface area (Å²) in [5.41, 5.74) is 8.63. The Morgan fingerprint density at radius 2 is 2.29 bits per heavy atom. The standard InChI is InChI=1S/C10H16N2O2/c1-6-3-9(7(2)12-6)8(5-11)4-10(13)14/h3,8,12H,4-5,11H2,1-2H3,(H,13,14). The molecule has 0 aromatic carbocycles. The van der Waals surface area contributed by atoms with Crippen LogP contribution < -0.4 is 5.73 Å². The third-order valence-electron chi connectivity index (χ3n) is 2.34. The van der Waals surface area contributed by atoms with Gasteiger partial charge in [0.15, 0.2) is 0 Å². The fourth-order valence-electron chi connectivity index (χ4n) is 1.70. The minimum absolute atomic E-state index is 0.0857. The van der Waals surface area contributed by atoms with Crippen LogP contribution in [0.4, 0.5) is 0 Å². The first-order valence-electron chi connectivity index (χ1n) is 4.62. The molecule has 4 N–H and O–H groups in total. The van der Waals surface area contributed by atoms with Gasteiger partial charge < -0.3 is 15.8 Å². The molecule has 0 aliphatic heterocycles. The molecule has 0 fully saturated rings. The van der Waals surface area contributed by atoms with Crippen molar-refractivity contribution in [2.45, 2.75) is 26.2 Å². The molecule has 0 amide bonds. The van der Waals surface area contributed by atoms with Gasteiger partial charge in [-0.25, -0.2) is 0 Å². The molecule has 78 valence electrons. The molecule has 0 saturated heterocycles. The number of rotatable bonds is 4. The number of hydrogen-bond donors (Lipinski definition) is 3. The predicted molar refractivity (Wildman–Crippen MR) is 54.3 cm³/mol. The third kappa shape index (κ3) is 2.35. The van der Waals surface area contributed by atoms with Crippen LogP contribution in [0.3, 0.4) is 0 Å². The van der Waals surface area contributed by atoms with E-state index in [9.17, 15) is 4.79 Å². The van der Waals surface area contributed by atoms with Crippen molar-refractivity contribution >= 4 is 5.97 Å². The van der Waals surface area contributed by atoms with E-state index in [0.29, 0.717) is 6.54 Å². The van der Waals surface area contributed by atoms with Gasteiger partial charge in [-0.2, -0.15) is 0 Å². The lowest BCUT2D eigenvalue weighted by molar-refractivity contribution is -0.137. The Labute approximate surface area is 83.1 Å². The van der Waals surface area contributed by atoms with Crippen molar-refractivity contribution in [1.29, 1.82) is 0 Å². The van der Waals surface area contributed by atoms with E-state index >= 15 is 0 Å². The highest BCUT2D eigenvalue weighted by Crippen LogP contribution is 2.22. The van der Waals surface area contributed by atoms with E-state index in [-0.39, 0.29) is 12.3 Å². The van der Waals surface area contributed by atoms with E-state index < -0.39 is 5.97 Å². The molecule has 1 aromatic rings. The van der Waals surface area contributed by atoms with Gasteiger partial charge in [0.05, 0.1) is 6.42 Å². The molecule has 1 heterocycles. The third-order valence-corrected chi connectivity index (χ3v) is 2.34. The van der Waals surface area contributed by atoms with E-state index in [2.05, 4.69) is 4.98 Å². The van der Waals surface area contributed by atoms with Gasteiger partial charge >= 0.3 is 5.97 Å². The monoisotopic (exact) mass is 196 g/mol. The van der Waals surface area contributed by atoms with E-state index in [1.165, 1.54) is 0 Å². The summed E-state index contributed by atoms with van der Waals surface area (Å²) in [6.45, 7) is 4.25. The Balaban J connectivity index is 2.88. The molecular weight excluding hydrogens is 180 g/mol. The van der Waals surface area contributed by atoms with Crippen LogP contribution in [0, 0.1) is 13.8 Å². The van der Waals surface area contributed by atoms with Gasteiger partial charge in [-0.1, -0.05) is 0 Å². The fraction of sp³-hybridized carbons (Fsp3) is 0.500. The zero-order valence-electron chi connectivity index (χ0n) is 8.50.